The number of benzene rings is 2. The lowest BCUT2D eigenvalue weighted by Gasteiger charge is -2.13. The molecule has 7 heteroatoms. The van der Waals surface area contributed by atoms with Crippen molar-refractivity contribution in [2.75, 3.05) is 0 Å². The number of fused-ring (bicyclic) bond motifs is 1. The van der Waals surface area contributed by atoms with Crippen LogP contribution in [0.2, 0.25) is 0 Å². The Labute approximate surface area is 166 Å². The molecule has 29 heavy (non-hydrogen) atoms. The van der Waals surface area contributed by atoms with Crippen molar-refractivity contribution in [3.8, 4) is 17.0 Å². The predicted molar refractivity (Wildman–Crippen MR) is 105 cm³/mol. The van der Waals surface area contributed by atoms with E-state index in [2.05, 4.69) is 0 Å². The Balaban J connectivity index is 1.42. The van der Waals surface area contributed by atoms with Crippen LogP contribution in [0.3, 0.4) is 0 Å². The van der Waals surface area contributed by atoms with E-state index in [0.717, 1.165) is 39.7 Å². The van der Waals surface area contributed by atoms with Gasteiger partial charge in [0.05, 0.1) is 12.7 Å². The molecule has 148 valence electrons. The minimum absolute atomic E-state index is 0.0361. The monoisotopic (exact) mass is 393 g/mol. The van der Waals surface area contributed by atoms with Crippen LogP contribution in [0, 0.1) is 5.82 Å². The molecule has 1 fully saturated rings. The zero-order valence-electron chi connectivity index (χ0n) is 15.9. The number of amides is 1. The summed E-state index contributed by atoms with van der Waals surface area (Å²) in [5.41, 5.74) is 3.24. The smallest absolute Gasteiger partial charge is 0.331 e. The molecule has 1 N–H and O–H groups in total. The van der Waals surface area contributed by atoms with Gasteiger partial charge in [0, 0.05) is 30.8 Å². The van der Waals surface area contributed by atoms with Crippen LogP contribution < -0.4 is 5.69 Å². The Bertz CT molecular complexity index is 1210. The van der Waals surface area contributed by atoms with Crippen LogP contribution in [0.4, 0.5) is 4.39 Å². The first-order chi connectivity index (χ1) is 13.9. The Hall–Kier alpha value is -3.35. The van der Waals surface area contributed by atoms with Gasteiger partial charge < -0.3 is 10.0 Å². The maximum atomic E-state index is 14.7. The van der Waals surface area contributed by atoms with Crippen LogP contribution in [0.15, 0.2) is 47.4 Å². The fourth-order valence-electron chi connectivity index (χ4n) is 3.93. The molecule has 5 rings (SSSR count). The molecule has 0 unspecified atom stereocenters. The summed E-state index contributed by atoms with van der Waals surface area (Å²) in [5.74, 6) is -0.499. The predicted octanol–water partition coefficient (Wildman–Crippen LogP) is 2.87. The quantitative estimate of drug-likeness (QED) is 0.741. The molecule has 1 aromatic heterocycles. The Morgan fingerprint density at radius 1 is 1.10 bits per heavy atom. The summed E-state index contributed by atoms with van der Waals surface area (Å²) in [4.78, 5) is 26.4. The molecule has 0 saturated heterocycles. The summed E-state index contributed by atoms with van der Waals surface area (Å²) in [5, 5.41) is 9.63. The summed E-state index contributed by atoms with van der Waals surface area (Å²) >= 11 is 0. The van der Waals surface area contributed by atoms with Crippen molar-refractivity contribution in [3.05, 3.63) is 75.6 Å². The topological polar surface area (TPSA) is 67.5 Å². The number of nitrogens with zero attached hydrogens (tertiary/aromatic N) is 3. The minimum Gasteiger partial charge on any atom is -0.493 e. The van der Waals surface area contributed by atoms with Crippen LogP contribution in [0.25, 0.3) is 11.1 Å². The normalized spacial score (nSPS) is 15.8. The molecular weight excluding hydrogens is 373 g/mol. The van der Waals surface area contributed by atoms with E-state index in [1.54, 1.807) is 6.07 Å². The summed E-state index contributed by atoms with van der Waals surface area (Å²) in [6.07, 6.45) is 3.43. The molecule has 2 aliphatic rings. The zero-order valence-corrected chi connectivity index (χ0v) is 15.9. The van der Waals surface area contributed by atoms with Gasteiger partial charge in [-0.2, -0.15) is 0 Å². The number of hydrogen-bond donors (Lipinski definition) is 1. The van der Waals surface area contributed by atoms with Crippen LogP contribution in [0.1, 0.15) is 34.3 Å². The molecular formula is C22H20FN3O3. The summed E-state index contributed by atoms with van der Waals surface area (Å²) in [6, 6.07) is 10.9. The molecule has 2 heterocycles. The second kappa shape index (κ2) is 6.34. The van der Waals surface area contributed by atoms with E-state index >= 15 is 0 Å². The fraction of sp³-hybridized carbons (Fsp3) is 0.273. The average molecular weight is 393 g/mol. The summed E-state index contributed by atoms with van der Waals surface area (Å²) < 4.78 is 17.1. The third kappa shape index (κ3) is 2.93. The number of imidazole rings is 1. The van der Waals surface area contributed by atoms with Gasteiger partial charge in [0.1, 0.15) is 5.82 Å². The van der Waals surface area contributed by atoms with Gasteiger partial charge in [-0.05, 0) is 47.7 Å². The van der Waals surface area contributed by atoms with Gasteiger partial charge in [0.15, 0.2) is 0 Å². The Kier molecular flexibility index (Phi) is 3.87. The molecule has 0 radical (unpaired) electrons. The van der Waals surface area contributed by atoms with E-state index in [-0.39, 0.29) is 18.3 Å². The molecule has 3 aromatic rings. The van der Waals surface area contributed by atoms with E-state index in [1.807, 2.05) is 29.2 Å². The van der Waals surface area contributed by atoms with E-state index in [9.17, 15) is 19.1 Å². The molecule has 1 amide bonds. The SMILES string of the molecule is Cn1c(O)cn(Cc2ccc(-c3ccc4c(c3)CN(C3CC3)C4=O)cc2F)c1=O. The number of hydrogen-bond acceptors (Lipinski definition) is 3. The van der Waals surface area contributed by atoms with Crippen molar-refractivity contribution >= 4 is 5.91 Å². The van der Waals surface area contributed by atoms with Gasteiger partial charge in [-0.3, -0.25) is 13.9 Å². The summed E-state index contributed by atoms with van der Waals surface area (Å²) in [7, 11) is 1.45. The fourth-order valence-corrected chi connectivity index (χ4v) is 3.93. The number of aromatic nitrogens is 2. The third-order valence-electron chi connectivity index (χ3n) is 5.80. The molecule has 0 atom stereocenters. The second-order valence-electron chi connectivity index (χ2n) is 7.80. The largest absolute Gasteiger partial charge is 0.493 e. The average Bonchev–Trinajstić information content (AvgIpc) is 3.46. The first-order valence-electron chi connectivity index (χ1n) is 9.60. The minimum atomic E-state index is -0.422. The Morgan fingerprint density at radius 2 is 1.83 bits per heavy atom. The van der Waals surface area contributed by atoms with Gasteiger partial charge in [0.25, 0.3) is 5.91 Å². The molecule has 0 bridgehead atoms. The standard InChI is InChI=1S/C22H20FN3O3/c1-24-20(27)12-25(22(24)29)10-15-3-2-14(9-19(15)23)13-4-7-18-16(8-13)11-26(21(18)28)17-5-6-17/h2-4,7-9,12,17,27H,5-6,10-11H2,1H3. The van der Waals surface area contributed by atoms with Crippen molar-refractivity contribution < 1.29 is 14.3 Å². The molecule has 0 spiro atoms. The molecule has 2 aromatic carbocycles. The first-order valence-corrected chi connectivity index (χ1v) is 9.60. The van der Waals surface area contributed by atoms with Crippen molar-refractivity contribution in [2.45, 2.75) is 32.0 Å². The van der Waals surface area contributed by atoms with Gasteiger partial charge >= 0.3 is 5.69 Å². The van der Waals surface area contributed by atoms with Crippen molar-refractivity contribution in [3.63, 3.8) is 0 Å². The molecule has 6 nitrogen and oxygen atoms in total. The number of rotatable bonds is 4. The van der Waals surface area contributed by atoms with Crippen molar-refractivity contribution in [2.24, 2.45) is 7.05 Å². The number of carbonyl (C=O) groups is 1. The molecule has 1 saturated carbocycles. The highest BCUT2D eigenvalue weighted by Crippen LogP contribution is 2.36. The van der Waals surface area contributed by atoms with Crippen LogP contribution >= 0.6 is 0 Å². The molecule has 1 aliphatic heterocycles. The van der Waals surface area contributed by atoms with Crippen molar-refractivity contribution in [1.29, 1.82) is 0 Å². The van der Waals surface area contributed by atoms with E-state index in [4.69, 9.17) is 0 Å². The lowest BCUT2D eigenvalue weighted by molar-refractivity contribution is 0.0766. The van der Waals surface area contributed by atoms with E-state index in [0.29, 0.717) is 18.2 Å². The van der Waals surface area contributed by atoms with E-state index in [1.165, 1.54) is 23.9 Å². The van der Waals surface area contributed by atoms with Gasteiger partial charge in [-0.25, -0.2) is 9.18 Å². The number of carbonyl (C=O) groups excluding carboxylic acids is 1. The third-order valence-corrected chi connectivity index (χ3v) is 5.80. The summed E-state index contributed by atoms with van der Waals surface area (Å²) in [6.45, 7) is 0.655. The van der Waals surface area contributed by atoms with Gasteiger partial charge in [-0.1, -0.05) is 18.2 Å². The zero-order chi connectivity index (χ0) is 20.3. The number of aromatic hydroxyl groups is 1. The first kappa shape index (κ1) is 17.7. The van der Waals surface area contributed by atoms with Crippen LogP contribution in [-0.4, -0.2) is 31.1 Å². The lowest BCUT2D eigenvalue weighted by Crippen LogP contribution is -2.25. The second-order valence-corrected chi connectivity index (χ2v) is 7.80. The highest BCUT2D eigenvalue weighted by molar-refractivity contribution is 5.99. The van der Waals surface area contributed by atoms with Crippen LogP contribution in [-0.2, 0) is 20.1 Å². The van der Waals surface area contributed by atoms with Gasteiger partial charge in [0.2, 0.25) is 5.88 Å². The van der Waals surface area contributed by atoms with Crippen molar-refractivity contribution in [1.82, 2.24) is 14.0 Å². The number of halogens is 1. The van der Waals surface area contributed by atoms with Crippen LogP contribution in [0.5, 0.6) is 5.88 Å². The maximum Gasteiger partial charge on any atom is 0.331 e. The maximum absolute atomic E-state index is 14.7. The van der Waals surface area contributed by atoms with E-state index < -0.39 is 11.5 Å². The highest BCUT2D eigenvalue weighted by Gasteiger charge is 2.38. The lowest BCUT2D eigenvalue weighted by atomic mass is 9.99. The Morgan fingerprint density at radius 3 is 2.48 bits per heavy atom. The van der Waals surface area contributed by atoms with Gasteiger partial charge in [-0.15, -0.1) is 0 Å². The highest BCUT2D eigenvalue weighted by atomic mass is 19.1. The molecule has 1 aliphatic carbocycles.